The van der Waals surface area contributed by atoms with Crippen molar-refractivity contribution >= 4 is 0 Å². The van der Waals surface area contributed by atoms with E-state index in [0.717, 1.165) is 32.5 Å². The number of hydrogen-bond donors (Lipinski definition) is 1. The summed E-state index contributed by atoms with van der Waals surface area (Å²) in [5.74, 6) is 2.62. The third kappa shape index (κ3) is 2.23. The predicted molar refractivity (Wildman–Crippen MR) is 49.9 cm³/mol. The van der Waals surface area contributed by atoms with E-state index in [1.54, 1.807) is 0 Å². The Morgan fingerprint density at radius 3 is 2.67 bits per heavy atom. The third-order valence-electron chi connectivity index (χ3n) is 2.69. The van der Waals surface area contributed by atoms with Gasteiger partial charge in [0, 0.05) is 18.8 Å². The van der Waals surface area contributed by atoms with Crippen molar-refractivity contribution in [3.63, 3.8) is 0 Å². The van der Waals surface area contributed by atoms with Gasteiger partial charge in [0.1, 0.15) is 0 Å². The summed E-state index contributed by atoms with van der Waals surface area (Å²) in [7, 11) is 0. The molecule has 1 fully saturated rings. The molecule has 1 saturated heterocycles. The largest absolute Gasteiger partial charge is 0.381 e. The normalized spacial score (nSPS) is 21.7. The van der Waals surface area contributed by atoms with Gasteiger partial charge in [-0.25, -0.2) is 0 Å². The van der Waals surface area contributed by atoms with Gasteiger partial charge in [-0.15, -0.1) is 6.42 Å². The molecule has 1 heterocycles. The molecule has 12 heavy (non-hydrogen) atoms. The van der Waals surface area contributed by atoms with Crippen LogP contribution in [0, 0.1) is 12.3 Å². The summed E-state index contributed by atoms with van der Waals surface area (Å²) in [5, 5.41) is 3.42. The first kappa shape index (κ1) is 9.57. The molecule has 1 aliphatic heterocycles. The summed E-state index contributed by atoms with van der Waals surface area (Å²) in [6.07, 6.45) is 8.53. The van der Waals surface area contributed by atoms with Crippen LogP contribution in [0.4, 0.5) is 0 Å². The lowest BCUT2D eigenvalue weighted by atomic mass is 9.87. The maximum absolute atomic E-state index is 5.31. The zero-order valence-electron chi connectivity index (χ0n) is 7.73. The van der Waals surface area contributed by atoms with E-state index in [0.29, 0.717) is 6.54 Å². The molecule has 0 unspecified atom stereocenters. The Labute approximate surface area is 74.7 Å². The van der Waals surface area contributed by atoms with Crippen molar-refractivity contribution in [3.8, 4) is 12.3 Å². The van der Waals surface area contributed by atoms with E-state index in [1.807, 2.05) is 0 Å². The molecule has 0 amide bonds. The molecule has 1 N–H and O–H groups in total. The van der Waals surface area contributed by atoms with E-state index >= 15 is 0 Å². The van der Waals surface area contributed by atoms with E-state index in [9.17, 15) is 0 Å². The molecule has 0 atom stereocenters. The minimum absolute atomic E-state index is 0.255. The Balaban J connectivity index is 2.43. The smallest absolute Gasteiger partial charge is 0.0578 e. The number of rotatable bonds is 3. The molecule has 0 spiro atoms. The molecule has 2 nitrogen and oxygen atoms in total. The Bertz CT molecular complexity index is 165. The van der Waals surface area contributed by atoms with E-state index in [2.05, 4.69) is 18.2 Å². The summed E-state index contributed by atoms with van der Waals surface area (Å²) in [6.45, 7) is 4.61. The molecule has 0 bridgehead atoms. The van der Waals surface area contributed by atoms with Crippen LogP contribution >= 0.6 is 0 Å². The van der Waals surface area contributed by atoms with Crippen LogP contribution in [0.5, 0.6) is 0 Å². The van der Waals surface area contributed by atoms with Crippen LogP contribution in [0.15, 0.2) is 0 Å². The van der Waals surface area contributed by atoms with Crippen molar-refractivity contribution in [3.05, 3.63) is 0 Å². The molecule has 0 radical (unpaired) electrons. The first-order valence-corrected chi connectivity index (χ1v) is 4.59. The fraction of sp³-hybridized carbons (Fsp3) is 0.800. The van der Waals surface area contributed by atoms with Gasteiger partial charge in [-0.2, -0.15) is 0 Å². The van der Waals surface area contributed by atoms with E-state index in [4.69, 9.17) is 11.2 Å². The molecule has 0 aromatic carbocycles. The second kappa shape index (κ2) is 4.49. The molecule has 0 saturated carbocycles. The summed E-state index contributed by atoms with van der Waals surface area (Å²) in [4.78, 5) is 0. The van der Waals surface area contributed by atoms with E-state index < -0.39 is 0 Å². The summed E-state index contributed by atoms with van der Waals surface area (Å²) in [5.41, 5.74) is 0.255. The zero-order valence-corrected chi connectivity index (χ0v) is 7.73. The molecule has 0 aliphatic carbocycles. The second-order valence-corrected chi connectivity index (χ2v) is 3.30. The highest BCUT2D eigenvalue weighted by Gasteiger charge is 2.29. The SMILES string of the molecule is C#CCNC1(CC)CCOCC1. The van der Waals surface area contributed by atoms with Crippen molar-refractivity contribution in [2.45, 2.75) is 31.7 Å². The zero-order chi connectivity index (χ0) is 8.86. The van der Waals surface area contributed by atoms with Crippen molar-refractivity contribution in [2.24, 2.45) is 0 Å². The highest BCUT2D eigenvalue weighted by molar-refractivity contribution is 4.95. The Morgan fingerprint density at radius 1 is 1.50 bits per heavy atom. The third-order valence-corrected chi connectivity index (χ3v) is 2.69. The highest BCUT2D eigenvalue weighted by atomic mass is 16.5. The van der Waals surface area contributed by atoms with Crippen molar-refractivity contribution in [1.29, 1.82) is 0 Å². The Hall–Kier alpha value is -0.520. The van der Waals surface area contributed by atoms with Crippen molar-refractivity contribution < 1.29 is 4.74 Å². The average molecular weight is 167 g/mol. The van der Waals surface area contributed by atoms with Crippen LogP contribution in [0.3, 0.4) is 0 Å². The van der Waals surface area contributed by atoms with Gasteiger partial charge >= 0.3 is 0 Å². The van der Waals surface area contributed by atoms with Crippen molar-refractivity contribution in [2.75, 3.05) is 19.8 Å². The average Bonchev–Trinajstić information content (AvgIpc) is 2.16. The van der Waals surface area contributed by atoms with Gasteiger partial charge in [-0.3, -0.25) is 0 Å². The molecular weight excluding hydrogens is 150 g/mol. The molecular formula is C10H17NO. The maximum Gasteiger partial charge on any atom is 0.0578 e. The van der Waals surface area contributed by atoms with Crippen LogP contribution in [-0.4, -0.2) is 25.3 Å². The lowest BCUT2D eigenvalue weighted by Crippen LogP contribution is -2.48. The molecule has 2 heteroatoms. The lowest BCUT2D eigenvalue weighted by Gasteiger charge is -2.36. The quantitative estimate of drug-likeness (QED) is 0.637. The van der Waals surface area contributed by atoms with Gasteiger partial charge in [0.25, 0.3) is 0 Å². The van der Waals surface area contributed by atoms with Crippen LogP contribution in [0.1, 0.15) is 26.2 Å². The van der Waals surface area contributed by atoms with Crippen LogP contribution < -0.4 is 5.32 Å². The summed E-state index contributed by atoms with van der Waals surface area (Å²) < 4.78 is 5.31. The lowest BCUT2D eigenvalue weighted by molar-refractivity contribution is 0.0382. The van der Waals surface area contributed by atoms with Crippen LogP contribution in [0.25, 0.3) is 0 Å². The molecule has 68 valence electrons. The first-order valence-electron chi connectivity index (χ1n) is 4.59. The van der Waals surface area contributed by atoms with Crippen LogP contribution in [0.2, 0.25) is 0 Å². The number of hydrogen-bond acceptors (Lipinski definition) is 2. The molecule has 1 aliphatic rings. The monoisotopic (exact) mass is 167 g/mol. The number of nitrogens with one attached hydrogen (secondary N) is 1. The molecule has 0 aromatic heterocycles. The fourth-order valence-corrected chi connectivity index (χ4v) is 1.66. The topological polar surface area (TPSA) is 21.3 Å². The van der Waals surface area contributed by atoms with Gasteiger partial charge < -0.3 is 10.1 Å². The maximum atomic E-state index is 5.31. The molecule has 1 rings (SSSR count). The van der Waals surface area contributed by atoms with Crippen LogP contribution in [-0.2, 0) is 4.74 Å². The van der Waals surface area contributed by atoms with E-state index in [-0.39, 0.29) is 5.54 Å². The van der Waals surface area contributed by atoms with Gasteiger partial charge in [-0.1, -0.05) is 12.8 Å². The number of ether oxygens (including phenoxy) is 1. The Kier molecular flexibility index (Phi) is 3.58. The minimum atomic E-state index is 0.255. The predicted octanol–water partition coefficient (Wildman–Crippen LogP) is 1.17. The second-order valence-electron chi connectivity index (χ2n) is 3.30. The fourth-order valence-electron chi connectivity index (χ4n) is 1.66. The minimum Gasteiger partial charge on any atom is -0.381 e. The highest BCUT2D eigenvalue weighted by Crippen LogP contribution is 2.23. The van der Waals surface area contributed by atoms with E-state index in [1.165, 1.54) is 0 Å². The van der Waals surface area contributed by atoms with Gasteiger partial charge in [0.2, 0.25) is 0 Å². The summed E-state index contributed by atoms with van der Waals surface area (Å²) in [6, 6.07) is 0. The standard InChI is InChI=1S/C10H17NO/c1-3-7-11-10(4-2)5-8-12-9-6-10/h1,11H,4-9H2,2H3. The Morgan fingerprint density at radius 2 is 2.17 bits per heavy atom. The molecule has 0 aromatic rings. The first-order chi connectivity index (χ1) is 5.83. The number of terminal acetylenes is 1. The van der Waals surface area contributed by atoms with Gasteiger partial charge in [-0.05, 0) is 19.3 Å². The van der Waals surface area contributed by atoms with Gasteiger partial charge in [0.15, 0.2) is 0 Å². The summed E-state index contributed by atoms with van der Waals surface area (Å²) >= 11 is 0. The van der Waals surface area contributed by atoms with Crippen molar-refractivity contribution in [1.82, 2.24) is 5.32 Å². The van der Waals surface area contributed by atoms with Gasteiger partial charge in [0.05, 0.1) is 6.54 Å².